The molecule has 1 N–H and O–H groups in total. The predicted molar refractivity (Wildman–Crippen MR) is 100 cm³/mol. The Morgan fingerprint density at radius 2 is 2.07 bits per heavy atom. The Morgan fingerprint density at radius 1 is 1.30 bits per heavy atom. The highest BCUT2D eigenvalue weighted by Gasteiger charge is 2.20. The lowest BCUT2D eigenvalue weighted by Gasteiger charge is -2.14. The van der Waals surface area contributed by atoms with Crippen molar-refractivity contribution < 1.29 is 9.72 Å². The summed E-state index contributed by atoms with van der Waals surface area (Å²) in [5.41, 5.74) is 1.00. The van der Waals surface area contributed by atoms with E-state index in [0.717, 1.165) is 10.2 Å². The zero-order chi connectivity index (χ0) is 19.4. The summed E-state index contributed by atoms with van der Waals surface area (Å²) in [4.78, 5) is 23.0. The molecule has 1 atom stereocenters. The van der Waals surface area contributed by atoms with Gasteiger partial charge in [-0.2, -0.15) is 4.68 Å². The maximum absolute atomic E-state index is 12.4. The van der Waals surface area contributed by atoms with Crippen molar-refractivity contribution in [3.05, 3.63) is 74.5 Å². The van der Waals surface area contributed by atoms with Crippen LogP contribution in [0.15, 0.2) is 53.0 Å². The van der Waals surface area contributed by atoms with Crippen LogP contribution in [0.4, 0.5) is 5.69 Å². The first-order valence-corrected chi connectivity index (χ1v) is 8.81. The summed E-state index contributed by atoms with van der Waals surface area (Å²) in [6.45, 7) is 1.75. The van der Waals surface area contributed by atoms with Crippen molar-refractivity contribution in [1.82, 2.24) is 25.5 Å². The van der Waals surface area contributed by atoms with Crippen LogP contribution in [0.2, 0.25) is 0 Å². The van der Waals surface area contributed by atoms with E-state index in [9.17, 15) is 14.9 Å². The van der Waals surface area contributed by atoms with E-state index in [1.165, 1.54) is 10.7 Å². The third kappa shape index (κ3) is 4.34. The van der Waals surface area contributed by atoms with Gasteiger partial charge in [-0.15, -0.1) is 5.10 Å². The molecule has 1 amide bonds. The Labute approximate surface area is 162 Å². The molecule has 0 aliphatic heterocycles. The molecule has 3 rings (SSSR count). The Morgan fingerprint density at radius 3 is 2.81 bits per heavy atom. The van der Waals surface area contributed by atoms with Crippen LogP contribution >= 0.6 is 15.9 Å². The van der Waals surface area contributed by atoms with Crippen LogP contribution in [-0.2, 0) is 11.2 Å². The lowest BCUT2D eigenvalue weighted by Crippen LogP contribution is -2.30. The maximum atomic E-state index is 12.4. The number of nitrogens with zero attached hydrogens (tertiary/aromatic N) is 5. The quantitative estimate of drug-likeness (QED) is 0.474. The largest absolute Gasteiger partial charge is 0.346 e. The molecule has 0 spiro atoms. The van der Waals surface area contributed by atoms with E-state index in [-0.39, 0.29) is 18.0 Å². The van der Waals surface area contributed by atoms with Crippen LogP contribution in [-0.4, -0.2) is 31.0 Å². The lowest BCUT2D eigenvalue weighted by atomic mass is 10.1. The lowest BCUT2D eigenvalue weighted by molar-refractivity contribution is -0.385. The average molecular weight is 431 g/mol. The highest BCUT2D eigenvalue weighted by Crippen LogP contribution is 2.20. The molecule has 0 saturated heterocycles. The van der Waals surface area contributed by atoms with Crippen LogP contribution in [0.1, 0.15) is 24.4 Å². The van der Waals surface area contributed by atoms with Gasteiger partial charge in [-0.1, -0.05) is 40.2 Å². The molecule has 27 heavy (non-hydrogen) atoms. The second-order valence-corrected chi connectivity index (χ2v) is 6.70. The average Bonchev–Trinajstić information content (AvgIpc) is 3.12. The monoisotopic (exact) mass is 430 g/mol. The molecule has 0 radical (unpaired) electrons. The van der Waals surface area contributed by atoms with Crippen molar-refractivity contribution in [2.24, 2.45) is 0 Å². The number of nitro groups is 1. The van der Waals surface area contributed by atoms with Crippen LogP contribution in [0.3, 0.4) is 0 Å². The number of nitrogens with one attached hydrogen (secondary N) is 1. The van der Waals surface area contributed by atoms with E-state index in [1.807, 2.05) is 24.3 Å². The molecule has 138 valence electrons. The van der Waals surface area contributed by atoms with Gasteiger partial charge in [-0.3, -0.25) is 14.9 Å². The number of benzene rings is 2. The van der Waals surface area contributed by atoms with Gasteiger partial charge in [-0.05, 0) is 35.5 Å². The molecule has 0 aliphatic rings. The van der Waals surface area contributed by atoms with Gasteiger partial charge in [0.15, 0.2) is 5.82 Å². The number of tetrazole rings is 1. The zero-order valence-electron chi connectivity index (χ0n) is 14.2. The summed E-state index contributed by atoms with van der Waals surface area (Å²) in [6, 6.07) is 13.1. The van der Waals surface area contributed by atoms with Gasteiger partial charge in [0.1, 0.15) is 0 Å². The highest BCUT2D eigenvalue weighted by atomic mass is 79.9. The van der Waals surface area contributed by atoms with Gasteiger partial charge < -0.3 is 5.32 Å². The Bertz CT molecular complexity index is 990. The van der Waals surface area contributed by atoms with E-state index in [4.69, 9.17) is 0 Å². The second kappa shape index (κ2) is 8.04. The molecule has 0 saturated carbocycles. The molecule has 0 bridgehead atoms. The molecule has 1 unspecified atom stereocenters. The number of hydrogen-bond acceptors (Lipinski definition) is 6. The Hall–Kier alpha value is -3.14. The Balaban J connectivity index is 1.75. The summed E-state index contributed by atoms with van der Waals surface area (Å²) < 4.78 is 2.40. The van der Waals surface area contributed by atoms with E-state index in [1.54, 1.807) is 25.1 Å². The highest BCUT2D eigenvalue weighted by molar-refractivity contribution is 9.10. The third-order valence-electron chi connectivity index (χ3n) is 3.85. The normalized spacial score (nSPS) is 11.8. The van der Waals surface area contributed by atoms with Gasteiger partial charge in [-0.25, -0.2) is 0 Å². The fourth-order valence-corrected chi connectivity index (χ4v) is 3.01. The maximum Gasteiger partial charge on any atom is 0.273 e. The summed E-state index contributed by atoms with van der Waals surface area (Å²) in [6.07, 6.45) is -0.111. The zero-order valence-corrected chi connectivity index (χ0v) is 15.8. The minimum Gasteiger partial charge on any atom is -0.346 e. The van der Waals surface area contributed by atoms with Gasteiger partial charge in [0, 0.05) is 16.1 Å². The number of para-hydroxylation sites is 1. The van der Waals surface area contributed by atoms with Gasteiger partial charge in [0.05, 0.1) is 23.1 Å². The number of amides is 1. The topological polar surface area (TPSA) is 116 Å². The third-order valence-corrected chi connectivity index (χ3v) is 4.34. The second-order valence-electron chi connectivity index (χ2n) is 5.78. The summed E-state index contributed by atoms with van der Waals surface area (Å²) in [5.74, 6) is 0.0876. The van der Waals surface area contributed by atoms with Gasteiger partial charge in [0.2, 0.25) is 5.91 Å². The molecule has 0 fully saturated rings. The van der Waals surface area contributed by atoms with E-state index >= 15 is 0 Å². The van der Waals surface area contributed by atoms with E-state index in [2.05, 4.69) is 36.8 Å². The number of halogens is 1. The van der Waals surface area contributed by atoms with Crippen LogP contribution in [0, 0.1) is 10.1 Å². The Kier molecular flexibility index (Phi) is 5.55. The number of hydrogen-bond donors (Lipinski definition) is 1. The number of carbonyl (C=O) groups excluding carboxylic acids is 1. The molecule has 1 aromatic heterocycles. The number of nitro benzene ring substituents is 1. The van der Waals surface area contributed by atoms with Gasteiger partial charge >= 0.3 is 0 Å². The molecule has 2 aromatic carbocycles. The number of rotatable bonds is 6. The van der Waals surface area contributed by atoms with E-state index in [0.29, 0.717) is 11.4 Å². The summed E-state index contributed by atoms with van der Waals surface area (Å²) in [7, 11) is 0. The first kappa shape index (κ1) is 18.6. The molecule has 9 nitrogen and oxygen atoms in total. The first-order chi connectivity index (χ1) is 13.0. The number of aromatic nitrogens is 4. The van der Waals surface area contributed by atoms with Crippen molar-refractivity contribution >= 4 is 27.5 Å². The van der Waals surface area contributed by atoms with Crippen molar-refractivity contribution in [2.45, 2.75) is 19.4 Å². The van der Waals surface area contributed by atoms with Crippen molar-refractivity contribution in [2.75, 3.05) is 0 Å². The summed E-state index contributed by atoms with van der Waals surface area (Å²) >= 11 is 3.40. The number of carbonyl (C=O) groups is 1. The standard InChI is InChI=1S/C17H15BrN6O3/c1-11(17-20-21-22-23(17)14-7-4-6-13(18)10-14)19-16(25)9-12-5-2-3-8-15(12)24(26)27/h2-8,10-11H,9H2,1H3,(H,19,25). The fraction of sp³-hybridized carbons (Fsp3) is 0.176. The van der Waals surface area contributed by atoms with E-state index < -0.39 is 11.0 Å². The van der Waals surface area contributed by atoms with Crippen molar-refractivity contribution in [3.8, 4) is 5.69 Å². The van der Waals surface area contributed by atoms with Crippen LogP contribution in [0.25, 0.3) is 5.69 Å². The molecule has 10 heteroatoms. The SMILES string of the molecule is CC(NC(=O)Cc1ccccc1[N+](=O)[O-])c1nnnn1-c1cccc(Br)c1. The van der Waals surface area contributed by atoms with Crippen LogP contribution in [0.5, 0.6) is 0 Å². The molecular weight excluding hydrogens is 416 g/mol. The summed E-state index contributed by atoms with van der Waals surface area (Å²) in [5, 5.41) is 25.5. The molecule has 3 aromatic rings. The molecular formula is C17H15BrN6O3. The first-order valence-electron chi connectivity index (χ1n) is 8.01. The minimum absolute atomic E-state index is 0.0840. The van der Waals surface area contributed by atoms with Crippen molar-refractivity contribution in [3.63, 3.8) is 0 Å². The fourth-order valence-electron chi connectivity index (χ4n) is 2.62. The molecule has 1 heterocycles. The van der Waals surface area contributed by atoms with Crippen molar-refractivity contribution in [1.29, 1.82) is 0 Å². The molecule has 0 aliphatic carbocycles. The van der Waals surface area contributed by atoms with Crippen LogP contribution < -0.4 is 5.32 Å². The smallest absolute Gasteiger partial charge is 0.273 e. The predicted octanol–water partition coefficient (Wildman–Crippen LogP) is 2.75. The van der Waals surface area contributed by atoms with Gasteiger partial charge in [0.25, 0.3) is 5.69 Å². The minimum atomic E-state index is -0.500.